The van der Waals surface area contributed by atoms with Gasteiger partial charge in [0.1, 0.15) is 17.6 Å². The molecule has 0 radical (unpaired) electrons. The van der Waals surface area contributed by atoms with Gasteiger partial charge in [0.2, 0.25) is 5.54 Å². The number of nitrogens with one attached hydrogen (secondary N) is 1. The summed E-state index contributed by atoms with van der Waals surface area (Å²) in [5.41, 5.74) is -1.52. The first-order valence-corrected chi connectivity index (χ1v) is 11.5. The highest BCUT2D eigenvalue weighted by molar-refractivity contribution is 7.49. The Balaban J connectivity index is 2.27. The van der Waals surface area contributed by atoms with Crippen molar-refractivity contribution in [2.45, 2.75) is 38.3 Å². The monoisotopic (exact) mass is 448 g/mol. The Hall–Kier alpha value is -2.67. The second-order valence-electron chi connectivity index (χ2n) is 7.40. The zero-order valence-corrected chi connectivity index (χ0v) is 18.7. The van der Waals surface area contributed by atoms with Crippen molar-refractivity contribution in [1.82, 2.24) is 5.32 Å². The maximum atomic E-state index is 13.6. The summed E-state index contributed by atoms with van der Waals surface area (Å²) in [7, 11) is -4.26. The zero-order valence-electron chi connectivity index (χ0n) is 17.8. The van der Waals surface area contributed by atoms with Gasteiger partial charge in [-0.3, -0.25) is 14.6 Å². The molecule has 2 aromatic rings. The number of hydrogen-bond donors (Lipinski definition) is 1. The van der Waals surface area contributed by atoms with Crippen LogP contribution in [0.1, 0.15) is 26.7 Å². The summed E-state index contributed by atoms with van der Waals surface area (Å²) in [6.07, 6.45) is 1.54. The molecule has 1 unspecified atom stereocenters. The van der Waals surface area contributed by atoms with E-state index in [1.54, 1.807) is 66.7 Å². The largest absolute Gasteiger partial charge is 0.588 e. The summed E-state index contributed by atoms with van der Waals surface area (Å²) in [6.45, 7) is 7.73. The summed E-state index contributed by atoms with van der Waals surface area (Å²) in [5, 5.41) is 14.9. The van der Waals surface area contributed by atoms with Crippen LogP contribution in [0.2, 0.25) is 0 Å². The van der Waals surface area contributed by atoms with E-state index < -0.39 is 24.4 Å². The minimum absolute atomic E-state index is 0.270. The number of rotatable bonds is 14. The topological polar surface area (TPSA) is 99.9 Å². The molecule has 168 valence electrons. The van der Waals surface area contributed by atoms with E-state index in [0.717, 1.165) is 0 Å². The predicted molar refractivity (Wildman–Crippen MR) is 120 cm³/mol. The Morgan fingerprint density at radius 2 is 1.61 bits per heavy atom. The normalized spacial score (nSPS) is 12.7. The highest BCUT2D eigenvalue weighted by Gasteiger charge is 2.47. The molecule has 0 spiro atoms. The van der Waals surface area contributed by atoms with Gasteiger partial charge in [0.25, 0.3) is 0 Å². The van der Waals surface area contributed by atoms with Crippen LogP contribution in [0.15, 0.2) is 73.3 Å². The van der Waals surface area contributed by atoms with Crippen molar-refractivity contribution in [1.29, 1.82) is 0 Å². The number of phosphoric acid groups is 1. The van der Waals surface area contributed by atoms with Crippen molar-refractivity contribution in [3.8, 4) is 11.5 Å². The number of phosphoric ester groups is 1. The Morgan fingerprint density at radius 3 is 2.06 bits per heavy atom. The Labute approximate surface area is 183 Å². The average molecular weight is 448 g/mol. The number of nitrogens with zero attached hydrogens (tertiary/aromatic N) is 1. The van der Waals surface area contributed by atoms with Crippen LogP contribution < -0.4 is 14.4 Å². The Bertz CT molecular complexity index is 831. The van der Waals surface area contributed by atoms with Crippen molar-refractivity contribution < 1.29 is 23.1 Å². The zero-order chi connectivity index (χ0) is 22.7. The highest BCUT2D eigenvalue weighted by atomic mass is 31.2. The fourth-order valence-electron chi connectivity index (χ4n) is 2.71. The summed E-state index contributed by atoms with van der Waals surface area (Å²) >= 11 is 0. The summed E-state index contributed by atoms with van der Waals surface area (Å²) in [5.74, 6) is 0.541. The van der Waals surface area contributed by atoms with Gasteiger partial charge < -0.3 is 14.4 Å². The van der Waals surface area contributed by atoms with Crippen LogP contribution in [-0.4, -0.2) is 29.7 Å². The molecule has 1 N–H and O–H groups in total. The van der Waals surface area contributed by atoms with E-state index >= 15 is 0 Å². The minimum Gasteiger partial charge on any atom is -0.395 e. The molecule has 9 heteroatoms. The van der Waals surface area contributed by atoms with E-state index in [1.807, 2.05) is 0 Å². The summed E-state index contributed by atoms with van der Waals surface area (Å²) in [6, 6.07) is 16.9. The van der Waals surface area contributed by atoms with Gasteiger partial charge in [0.05, 0.1) is 0 Å². The number of benzene rings is 2. The molecule has 0 fully saturated rings. The van der Waals surface area contributed by atoms with Gasteiger partial charge in [-0.25, -0.2) is 4.57 Å². The molecule has 2 aromatic carbocycles. The lowest BCUT2D eigenvalue weighted by Crippen LogP contribution is -2.45. The Kier molecular flexibility index (Phi) is 9.24. The van der Waals surface area contributed by atoms with Gasteiger partial charge in [-0.1, -0.05) is 42.5 Å². The quantitative estimate of drug-likeness (QED) is 0.139. The molecule has 0 aliphatic heterocycles. The maximum Gasteiger partial charge on any atom is 0.588 e. The van der Waals surface area contributed by atoms with E-state index in [0.29, 0.717) is 19.5 Å². The van der Waals surface area contributed by atoms with Gasteiger partial charge in [-0.05, 0) is 43.7 Å². The molecule has 0 aliphatic carbocycles. The van der Waals surface area contributed by atoms with E-state index in [2.05, 4.69) is 11.9 Å². The summed E-state index contributed by atoms with van der Waals surface area (Å²) in [4.78, 5) is 11.3. The highest BCUT2D eigenvalue weighted by Crippen LogP contribution is 2.52. The average Bonchev–Trinajstić information content (AvgIpc) is 2.74. The first kappa shape index (κ1) is 24.6. The lowest BCUT2D eigenvalue weighted by atomic mass is 9.94. The number of hydrogen-bond acceptors (Lipinski definition) is 7. The van der Waals surface area contributed by atoms with Crippen LogP contribution in [0.25, 0.3) is 0 Å². The minimum atomic E-state index is -4.26. The van der Waals surface area contributed by atoms with Crippen LogP contribution in [0.3, 0.4) is 0 Å². The molecule has 0 aromatic heterocycles. The van der Waals surface area contributed by atoms with Crippen molar-refractivity contribution in [3.05, 3.63) is 83.4 Å². The second-order valence-corrected chi connectivity index (χ2v) is 8.87. The lowest BCUT2D eigenvalue weighted by molar-refractivity contribution is -0.572. The molecule has 0 amide bonds. The first-order chi connectivity index (χ1) is 14.8. The Morgan fingerprint density at radius 1 is 1.10 bits per heavy atom. The third kappa shape index (κ3) is 7.83. The molecule has 0 heterocycles. The van der Waals surface area contributed by atoms with Crippen molar-refractivity contribution in [2.75, 3.05) is 13.1 Å². The number of nitro groups is 1. The lowest BCUT2D eigenvalue weighted by Gasteiger charge is -2.29. The van der Waals surface area contributed by atoms with Gasteiger partial charge >= 0.3 is 7.82 Å². The molecule has 0 bridgehead atoms. The van der Waals surface area contributed by atoms with E-state index in [4.69, 9.17) is 13.6 Å². The molecule has 0 aliphatic rings. The maximum absolute atomic E-state index is 13.6. The van der Waals surface area contributed by atoms with Gasteiger partial charge in [0.15, 0.2) is 0 Å². The van der Waals surface area contributed by atoms with Crippen molar-refractivity contribution in [3.63, 3.8) is 0 Å². The van der Waals surface area contributed by atoms with Crippen LogP contribution in [-0.2, 0) is 9.09 Å². The molecular weight excluding hydrogens is 419 g/mol. The SMILES string of the molecule is C=CCNCCCC(OP(=O)(Oc1ccccc1)Oc1ccccc1)C(C)(C)[N+](=O)[O-]. The van der Waals surface area contributed by atoms with E-state index in [-0.39, 0.29) is 17.9 Å². The molecule has 31 heavy (non-hydrogen) atoms. The smallest absolute Gasteiger partial charge is 0.395 e. The fraction of sp³-hybridized carbons (Fsp3) is 0.364. The second kappa shape index (κ2) is 11.6. The first-order valence-electron chi connectivity index (χ1n) is 10.0. The van der Waals surface area contributed by atoms with E-state index in [9.17, 15) is 14.7 Å². The van der Waals surface area contributed by atoms with Crippen LogP contribution >= 0.6 is 7.82 Å². The van der Waals surface area contributed by atoms with Crippen LogP contribution in [0, 0.1) is 10.1 Å². The standard InChI is InChI=1S/C22H29N2O6P/c1-4-17-23-18-11-16-21(22(2,3)24(25)26)30-31(27,28-19-12-7-5-8-13-19)29-20-14-9-6-10-15-20/h4-10,12-15,21,23H,1,11,16-18H2,2-3H3. The summed E-state index contributed by atoms with van der Waals surface area (Å²) < 4.78 is 30.7. The fourth-order valence-corrected chi connectivity index (χ4v) is 4.27. The molecule has 0 saturated heterocycles. The number of para-hydroxylation sites is 2. The third-order valence-corrected chi connectivity index (χ3v) is 5.93. The van der Waals surface area contributed by atoms with Crippen molar-refractivity contribution >= 4 is 7.82 Å². The molecule has 0 saturated carbocycles. The van der Waals surface area contributed by atoms with Crippen LogP contribution in [0.4, 0.5) is 0 Å². The van der Waals surface area contributed by atoms with Gasteiger partial charge in [-0.15, -0.1) is 6.58 Å². The molecular formula is C22H29N2O6P. The third-order valence-electron chi connectivity index (χ3n) is 4.54. The predicted octanol–water partition coefficient (Wildman–Crippen LogP) is 5.25. The molecule has 8 nitrogen and oxygen atoms in total. The van der Waals surface area contributed by atoms with Gasteiger partial charge in [-0.2, -0.15) is 0 Å². The van der Waals surface area contributed by atoms with Gasteiger partial charge in [0, 0.05) is 25.3 Å². The van der Waals surface area contributed by atoms with Crippen molar-refractivity contribution in [2.24, 2.45) is 0 Å². The van der Waals surface area contributed by atoms with E-state index in [1.165, 1.54) is 13.8 Å². The molecule has 1 atom stereocenters. The molecule has 2 rings (SSSR count). The van der Waals surface area contributed by atoms with Crippen LogP contribution in [0.5, 0.6) is 11.5 Å².